The lowest BCUT2D eigenvalue weighted by molar-refractivity contribution is -0.147. The molecule has 2 aromatic rings. The van der Waals surface area contributed by atoms with Crippen LogP contribution in [0.2, 0.25) is 0 Å². The highest BCUT2D eigenvalue weighted by Crippen LogP contribution is 2.32. The Balaban J connectivity index is 1.70. The van der Waals surface area contributed by atoms with Crippen LogP contribution in [0.1, 0.15) is 56.6 Å². The fourth-order valence-electron chi connectivity index (χ4n) is 4.05. The summed E-state index contributed by atoms with van der Waals surface area (Å²) in [7, 11) is 0. The van der Waals surface area contributed by atoms with Crippen molar-refractivity contribution in [3.05, 3.63) is 23.2 Å². The van der Waals surface area contributed by atoms with Crippen LogP contribution in [0.15, 0.2) is 6.08 Å². The zero-order chi connectivity index (χ0) is 18.1. The summed E-state index contributed by atoms with van der Waals surface area (Å²) in [5, 5.41) is 0. The monoisotopic (exact) mass is 356 g/mol. The van der Waals surface area contributed by atoms with Crippen LogP contribution in [0.3, 0.4) is 0 Å². The van der Waals surface area contributed by atoms with Gasteiger partial charge >= 0.3 is 0 Å². The highest BCUT2D eigenvalue weighted by molar-refractivity contribution is 5.93. The van der Waals surface area contributed by atoms with Crippen LogP contribution in [0.25, 0.3) is 17.1 Å². The second kappa shape index (κ2) is 7.00. The van der Waals surface area contributed by atoms with Gasteiger partial charge in [0.25, 0.3) is 0 Å². The van der Waals surface area contributed by atoms with Crippen molar-refractivity contribution in [3.63, 3.8) is 0 Å². The molecule has 2 aliphatic rings. The molecule has 2 aromatic heterocycles. The maximum Gasteiger partial charge on any atom is 0.165 e. The lowest BCUT2D eigenvalue weighted by Crippen LogP contribution is -2.25. The maximum atomic E-state index is 6.26. The number of imidazole rings is 1. The molecule has 0 aromatic carbocycles. The van der Waals surface area contributed by atoms with Crippen LogP contribution < -0.4 is 5.73 Å². The Kier molecular flexibility index (Phi) is 4.71. The van der Waals surface area contributed by atoms with Gasteiger partial charge in [-0.3, -0.25) is 0 Å². The average molecular weight is 356 g/mol. The molecule has 3 heterocycles. The number of aromatic nitrogens is 3. The van der Waals surface area contributed by atoms with Crippen molar-refractivity contribution < 1.29 is 9.47 Å². The van der Waals surface area contributed by atoms with Crippen LogP contribution >= 0.6 is 0 Å². The molecule has 6 nitrogen and oxygen atoms in total. The van der Waals surface area contributed by atoms with Gasteiger partial charge in [-0.1, -0.05) is 19.1 Å². The number of rotatable bonds is 6. The lowest BCUT2D eigenvalue weighted by atomic mass is 10.0. The summed E-state index contributed by atoms with van der Waals surface area (Å²) in [5.41, 5.74) is 10.5. The van der Waals surface area contributed by atoms with Crippen molar-refractivity contribution in [3.8, 4) is 0 Å². The van der Waals surface area contributed by atoms with E-state index in [-0.39, 0.29) is 0 Å². The number of nitrogen functional groups attached to an aromatic ring is 1. The number of fused-ring (bicyclic) bond motifs is 3. The van der Waals surface area contributed by atoms with Crippen molar-refractivity contribution in [1.29, 1.82) is 0 Å². The van der Waals surface area contributed by atoms with Gasteiger partial charge in [-0.05, 0) is 32.6 Å². The molecule has 2 N–H and O–H groups in total. The molecule has 0 amide bonds. The first-order valence-corrected chi connectivity index (χ1v) is 9.73. The molecule has 0 saturated carbocycles. The molecule has 26 heavy (non-hydrogen) atoms. The van der Waals surface area contributed by atoms with E-state index in [2.05, 4.69) is 28.6 Å². The third-order valence-electron chi connectivity index (χ3n) is 5.33. The minimum absolute atomic E-state index is 0.443. The molecule has 4 rings (SSSR count). The largest absolute Gasteiger partial charge is 0.382 e. The van der Waals surface area contributed by atoms with Crippen molar-refractivity contribution >= 4 is 22.9 Å². The number of ether oxygens (including phenoxy) is 2. The maximum absolute atomic E-state index is 6.26. The van der Waals surface area contributed by atoms with Gasteiger partial charge in [-0.2, -0.15) is 0 Å². The molecule has 0 radical (unpaired) electrons. The van der Waals surface area contributed by atoms with E-state index in [4.69, 9.17) is 20.2 Å². The molecule has 0 spiro atoms. The zero-order valence-electron chi connectivity index (χ0n) is 15.8. The molecule has 1 fully saturated rings. The minimum atomic E-state index is -0.443. The zero-order valence-corrected chi connectivity index (χ0v) is 15.8. The second-order valence-electron chi connectivity index (χ2n) is 7.36. The molecule has 6 heteroatoms. The first-order chi connectivity index (χ1) is 12.6. The molecule has 1 aliphatic heterocycles. The number of pyridine rings is 1. The van der Waals surface area contributed by atoms with E-state index in [0.29, 0.717) is 19.0 Å². The number of hydrogen-bond acceptors (Lipinski definition) is 5. The third-order valence-corrected chi connectivity index (χ3v) is 5.33. The van der Waals surface area contributed by atoms with E-state index in [0.717, 1.165) is 67.6 Å². The van der Waals surface area contributed by atoms with Crippen LogP contribution in [0.5, 0.6) is 0 Å². The van der Waals surface area contributed by atoms with Crippen LogP contribution in [-0.2, 0) is 28.9 Å². The van der Waals surface area contributed by atoms with E-state index in [1.54, 1.807) is 0 Å². The Morgan fingerprint density at radius 3 is 2.85 bits per heavy atom. The van der Waals surface area contributed by atoms with Gasteiger partial charge < -0.3 is 19.8 Å². The van der Waals surface area contributed by atoms with E-state index in [1.165, 1.54) is 5.56 Å². The van der Waals surface area contributed by atoms with Gasteiger partial charge in [0.1, 0.15) is 11.3 Å². The predicted molar refractivity (Wildman–Crippen MR) is 103 cm³/mol. The number of anilines is 1. The normalized spacial score (nSPS) is 18.5. The quantitative estimate of drug-likeness (QED) is 0.858. The summed E-state index contributed by atoms with van der Waals surface area (Å²) in [6.07, 6.45) is 10.2. The summed E-state index contributed by atoms with van der Waals surface area (Å²) < 4.78 is 13.8. The Morgan fingerprint density at radius 2 is 2.08 bits per heavy atom. The second-order valence-corrected chi connectivity index (χ2v) is 7.36. The average Bonchev–Trinajstić information content (AvgIpc) is 3.21. The Bertz CT molecular complexity index is 834. The van der Waals surface area contributed by atoms with Crippen molar-refractivity contribution in [2.75, 3.05) is 18.9 Å². The fraction of sp³-hybridized carbons (Fsp3) is 0.600. The Morgan fingerprint density at radius 1 is 1.27 bits per heavy atom. The van der Waals surface area contributed by atoms with Gasteiger partial charge in [-0.25, -0.2) is 9.97 Å². The SMILES string of the molecule is CCCc1nc2c(N)nc3c(c2n1CCCC1(C)OCCO1)C=CCC3. The number of nitrogens with zero attached hydrogens (tertiary/aromatic N) is 3. The number of nitrogens with two attached hydrogens (primary N) is 1. The molecular weight excluding hydrogens is 328 g/mol. The summed E-state index contributed by atoms with van der Waals surface area (Å²) in [6.45, 7) is 6.48. The third kappa shape index (κ3) is 3.12. The summed E-state index contributed by atoms with van der Waals surface area (Å²) in [6, 6.07) is 0. The van der Waals surface area contributed by atoms with E-state index >= 15 is 0 Å². The minimum Gasteiger partial charge on any atom is -0.382 e. The van der Waals surface area contributed by atoms with Crippen molar-refractivity contribution in [2.45, 2.75) is 64.7 Å². The predicted octanol–water partition coefficient (Wildman–Crippen LogP) is 3.47. The van der Waals surface area contributed by atoms with Gasteiger partial charge in [0.05, 0.1) is 24.4 Å². The van der Waals surface area contributed by atoms with Crippen LogP contribution in [0, 0.1) is 0 Å². The Hall–Kier alpha value is -1.92. The molecule has 140 valence electrons. The van der Waals surface area contributed by atoms with Gasteiger partial charge in [0.15, 0.2) is 11.6 Å². The van der Waals surface area contributed by atoms with Gasteiger partial charge in [-0.15, -0.1) is 0 Å². The van der Waals surface area contributed by atoms with Crippen molar-refractivity contribution in [1.82, 2.24) is 14.5 Å². The Labute approximate surface area is 154 Å². The van der Waals surface area contributed by atoms with Gasteiger partial charge in [0, 0.05) is 24.9 Å². The fourth-order valence-corrected chi connectivity index (χ4v) is 4.05. The molecule has 0 atom stereocenters. The molecule has 1 aliphatic carbocycles. The number of hydrogen-bond donors (Lipinski definition) is 1. The molecule has 0 bridgehead atoms. The number of allylic oxidation sites excluding steroid dienone is 1. The molecule has 0 unspecified atom stereocenters. The highest BCUT2D eigenvalue weighted by Gasteiger charge is 2.30. The van der Waals surface area contributed by atoms with E-state index < -0.39 is 5.79 Å². The van der Waals surface area contributed by atoms with Crippen molar-refractivity contribution in [2.24, 2.45) is 0 Å². The summed E-state index contributed by atoms with van der Waals surface area (Å²) >= 11 is 0. The van der Waals surface area contributed by atoms with E-state index in [1.807, 2.05) is 6.92 Å². The highest BCUT2D eigenvalue weighted by atomic mass is 16.7. The standard InChI is InChI=1S/C20H28N4O2/c1-3-7-16-23-17-18(14-8-4-5-9-15(14)22-19(17)21)24(16)11-6-10-20(2)25-12-13-26-20/h4,8H,3,5-7,9-13H2,1-2H3,(H2,21,22). The summed E-state index contributed by atoms with van der Waals surface area (Å²) in [4.78, 5) is 9.48. The van der Waals surface area contributed by atoms with Gasteiger partial charge in [0.2, 0.25) is 0 Å². The first kappa shape index (κ1) is 17.5. The smallest absolute Gasteiger partial charge is 0.165 e. The van der Waals surface area contributed by atoms with E-state index in [9.17, 15) is 0 Å². The summed E-state index contributed by atoms with van der Waals surface area (Å²) in [5.74, 6) is 1.21. The van der Waals surface area contributed by atoms with Crippen LogP contribution in [0.4, 0.5) is 5.82 Å². The molecule has 1 saturated heterocycles. The molecular formula is C20H28N4O2. The van der Waals surface area contributed by atoms with Crippen LogP contribution in [-0.4, -0.2) is 33.5 Å². The first-order valence-electron chi connectivity index (χ1n) is 9.73. The lowest BCUT2D eigenvalue weighted by Gasteiger charge is -2.22. The number of aryl methyl sites for hydroxylation is 3. The topological polar surface area (TPSA) is 75.2 Å².